The molecule has 0 aromatic rings. The van der Waals surface area contributed by atoms with Crippen LogP contribution in [0.25, 0.3) is 0 Å². The summed E-state index contributed by atoms with van der Waals surface area (Å²) in [7, 11) is 0. The Labute approximate surface area is 86.7 Å². The summed E-state index contributed by atoms with van der Waals surface area (Å²) >= 11 is 0. The molecular formula is C12H21NO. The summed E-state index contributed by atoms with van der Waals surface area (Å²) in [5.74, 6) is 1.68. The summed E-state index contributed by atoms with van der Waals surface area (Å²) in [6, 6.07) is 0.589. The van der Waals surface area contributed by atoms with Gasteiger partial charge in [0.1, 0.15) is 0 Å². The van der Waals surface area contributed by atoms with Gasteiger partial charge in [-0.05, 0) is 24.7 Å². The fraction of sp³-hybridized carbons (Fsp3) is 0.917. The van der Waals surface area contributed by atoms with Gasteiger partial charge in [-0.1, -0.05) is 26.7 Å². The molecule has 0 radical (unpaired) electrons. The van der Waals surface area contributed by atoms with E-state index in [1.807, 2.05) is 0 Å². The number of nitrogens with zero attached hydrogens (tertiary/aromatic N) is 1. The van der Waals surface area contributed by atoms with Crippen LogP contribution >= 0.6 is 0 Å². The Balaban J connectivity index is 1.96. The van der Waals surface area contributed by atoms with Crippen molar-refractivity contribution < 1.29 is 4.79 Å². The minimum Gasteiger partial charge on any atom is -0.339 e. The smallest absolute Gasteiger partial charge is 0.223 e. The number of likely N-dealkylation sites (tertiary alicyclic amines) is 1. The molecule has 14 heavy (non-hydrogen) atoms. The quantitative estimate of drug-likeness (QED) is 0.662. The molecule has 0 aromatic carbocycles. The van der Waals surface area contributed by atoms with Gasteiger partial charge in [-0.15, -0.1) is 0 Å². The van der Waals surface area contributed by atoms with E-state index in [4.69, 9.17) is 0 Å². The van der Waals surface area contributed by atoms with Crippen LogP contribution in [0.5, 0.6) is 0 Å². The molecule has 1 atom stereocenters. The molecule has 0 bridgehead atoms. The van der Waals surface area contributed by atoms with Crippen LogP contribution in [0.3, 0.4) is 0 Å². The van der Waals surface area contributed by atoms with E-state index in [-0.39, 0.29) is 0 Å². The third kappa shape index (κ3) is 1.79. The number of rotatable bonds is 2. The lowest BCUT2D eigenvalue weighted by Gasteiger charge is -2.24. The van der Waals surface area contributed by atoms with Crippen molar-refractivity contribution in [3.05, 3.63) is 0 Å². The zero-order valence-corrected chi connectivity index (χ0v) is 9.33. The van der Waals surface area contributed by atoms with E-state index in [1.165, 1.54) is 25.7 Å². The minimum absolute atomic E-state index is 0.413. The van der Waals surface area contributed by atoms with Gasteiger partial charge in [0.2, 0.25) is 5.91 Å². The van der Waals surface area contributed by atoms with Crippen LogP contribution in [0.4, 0.5) is 0 Å². The Morgan fingerprint density at radius 1 is 1.29 bits per heavy atom. The zero-order chi connectivity index (χ0) is 10.1. The van der Waals surface area contributed by atoms with Crippen LogP contribution in [0.1, 0.15) is 46.0 Å². The van der Waals surface area contributed by atoms with Gasteiger partial charge in [-0.25, -0.2) is 0 Å². The van der Waals surface area contributed by atoms with Crippen molar-refractivity contribution in [1.29, 1.82) is 0 Å². The molecule has 0 N–H and O–H groups in total. The number of hydrogen-bond acceptors (Lipinski definition) is 1. The van der Waals surface area contributed by atoms with Crippen LogP contribution in [-0.2, 0) is 4.79 Å². The van der Waals surface area contributed by atoms with Crippen LogP contribution in [-0.4, -0.2) is 23.4 Å². The maximum absolute atomic E-state index is 11.8. The van der Waals surface area contributed by atoms with Crippen LogP contribution in [0.2, 0.25) is 0 Å². The molecule has 1 saturated carbocycles. The molecule has 1 heterocycles. The molecule has 0 spiro atoms. The first kappa shape index (κ1) is 10.0. The van der Waals surface area contributed by atoms with Gasteiger partial charge in [-0.3, -0.25) is 4.79 Å². The highest BCUT2D eigenvalue weighted by molar-refractivity contribution is 5.79. The van der Waals surface area contributed by atoms with Crippen molar-refractivity contribution in [3.8, 4) is 0 Å². The van der Waals surface area contributed by atoms with E-state index in [2.05, 4.69) is 18.7 Å². The van der Waals surface area contributed by atoms with E-state index in [9.17, 15) is 4.79 Å². The molecule has 0 aromatic heterocycles. The zero-order valence-electron chi connectivity index (χ0n) is 9.33. The lowest BCUT2D eigenvalue weighted by molar-refractivity contribution is -0.129. The standard InChI is InChI=1S/C12H21NO/c1-9(2)10-7-12(14)13(8-10)11-5-3-4-6-11/h9-11H,3-8H2,1-2H3. The minimum atomic E-state index is 0.413. The van der Waals surface area contributed by atoms with E-state index >= 15 is 0 Å². The first-order valence-corrected chi connectivity index (χ1v) is 5.98. The molecule has 1 aliphatic heterocycles. The molecule has 1 saturated heterocycles. The van der Waals surface area contributed by atoms with Gasteiger partial charge in [0.15, 0.2) is 0 Å². The van der Waals surface area contributed by atoms with E-state index < -0.39 is 0 Å². The molecular weight excluding hydrogens is 174 g/mol. The van der Waals surface area contributed by atoms with Crippen molar-refractivity contribution in [1.82, 2.24) is 4.90 Å². The monoisotopic (exact) mass is 195 g/mol. The van der Waals surface area contributed by atoms with Crippen molar-refractivity contribution >= 4 is 5.91 Å². The van der Waals surface area contributed by atoms with Gasteiger partial charge in [-0.2, -0.15) is 0 Å². The average molecular weight is 195 g/mol. The van der Waals surface area contributed by atoms with Crippen molar-refractivity contribution in [2.24, 2.45) is 11.8 Å². The van der Waals surface area contributed by atoms with Crippen molar-refractivity contribution in [2.75, 3.05) is 6.54 Å². The normalized spacial score (nSPS) is 29.5. The highest BCUT2D eigenvalue weighted by atomic mass is 16.2. The molecule has 1 amide bonds. The number of amides is 1. The average Bonchev–Trinajstić information content (AvgIpc) is 2.71. The van der Waals surface area contributed by atoms with Gasteiger partial charge in [0.25, 0.3) is 0 Å². The maximum Gasteiger partial charge on any atom is 0.223 e. The topological polar surface area (TPSA) is 20.3 Å². The molecule has 2 nitrogen and oxygen atoms in total. The van der Waals surface area contributed by atoms with Crippen molar-refractivity contribution in [2.45, 2.75) is 52.0 Å². The first-order chi connectivity index (χ1) is 6.68. The Bertz CT molecular complexity index is 218. The van der Waals surface area contributed by atoms with Crippen LogP contribution in [0.15, 0.2) is 0 Å². The maximum atomic E-state index is 11.8. The fourth-order valence-electron chi connectivity index (χ4n) is 2.78. The fourth-order valence-corrected chi connectivity index (χ4v) is 2.78. The highest BCUT2D eigenvalue weighted by Crippen LogP contribution is 2.31. The summed E-state index contributed by atoms with van der Waals surface area (Å²) in [6.45, 7) is 5.49. The molecule has 1 unspecified atom stereocenters. The third-order valence-corrected chi connectivity index (χ3v) is 3.90. The van der Waals surface area contributed by atoms with Gasteiger partial charge in [0, 0.05) is 19.0 Å². The van der Waals surface area contributed by atoms with E-state index in [0.717, 1.165) is 13.0 Å². The second-order valence-corrected chi connectivity index (χ2v) is 5.19. The molecule has 2 aliphatic rings. The lowest BCUT2D eigenvalue weighted by atomic mass is 9.95. The summed E-state index contributed by atoms with van der Waals surface area (Å²) in [6.07, 6.45) is 5.93. The summed E-state index contributed by atoms with van der Waals surface area (Å²) in [5, 5.41) is 0. The Morgan fingerprint density at radius 3 is 2.43 bits per heavy atom. The molecule has 2 fully saturated rings. The van der Waals surface area contributed by atoms with Crippen LogP contribution in [0, 0.1) is 11.8 Å². The molecule has 2 rings (SSSR count). The number of carbonyl (C=O) groups excluding carboxylic acids is 1. The number of carbonyl (C=O) groups is 1. The second kappa shape index (κ2) is 3.92. The Kier molecular flexibility index (Phi) is 2.80. The van der Waals surface area contributed by atoms with Crippen LogP contribution < -0.4 is 0 Å². The Morgan fingerprint density at radius 2 is 1.93 bits per heavy atom. The summed E-state index contributed by atoms with van der Waals surface area (Å²) < 4.78 is 0. The molecule has 2 heteroatoms. The highest BCUT2D eigenvalue weighted by Gasteiger charge is 2.36. The van der Waals surface area contributed by atoms with Gasteiger partial charge >= 0.3 is 0 Å². The third-order valence-electron chi connectivity index (χ3n) is 3.90. The Hall–Kier alpha value is -0.530. The summed E-state index contributed by atoms with van der Waals surface area (Å²) in [5.41, 5.74) is 0. The predicted molar refractivity (Wildman–Crippen MR) is 56.9 cm³/mol. The van der Waals surface area contributed by atoms with E-state index in [0.29, 0.717) is 23.8 Å². The lowest BCUT2D eigenvalue weighted by Crippen LogP contribution is -2.34. The summed E-state index contributed by atoms with van der Waals surface area (Å²) in [4.78, 5) is 14.0. The second-order valence-electron chi connectivity index (χ2n) is 5.19. The first-order valence-electron chi connectivity index (χ1n) is 5.98. The largest absolute Gasteiger partial charge is 0.339 e. The van der Waals surface area contributed by atoms with Gasteiger partial charge < -0.3 is 4.90 Å². The SMILES string of the molecule is CC(C)C1CC(=O)N(C2CCCC2)C1. The van der Waals surface area contributed by atoms with Crippen molar-refractivity contribution in [3.63, 3.8) is 0 Å². The predicted octanol–water partition coefficient (Wildman–Crippen LogP) is 2.43. The molecule has 1 aliphatic carbocycles. The number of hydrogen-bond donors (Lipinski definition) is 0. The molecule has 80 valence electrons. The van der Waals surface area contributed by atoms with E-state index in [1.54, 1.807) is 0 Å². The van der Waals surface area contributed by atoms with Gasteiger partial charge in [0.05, 0.1) is 0 Å².